The molecule has 2 aromatic heterocycles. The second-order valence-electron chi connectivity index (χ2n) is 4.85. The van der Waals surface area contributed by atoms with Crippen LogP contribution < -0.4 is 4.74 Å². The number of benzene rings is 1. The predicted octanol–water partition coefficient (Wildman–Crippen LogP) is 3.79. The number of nitrogens with zero attached hydrogens (tertiary/aromatic N) is 1. The smallest absolute Gasteiger partial charge is 0.340 e. The highest BCUT2D eigenvalue weighted by Crippen LogP contribution is 2.29. The van der Waals surface area contributed by atoms with Crippen LogP contribution in [-0.2, 0) is 4.74 Å². The summed E-state index contributed by atoms with van der Waals surface area (Å²) < 4.78 is 12.4. The molecule has 3 rings (SSSR count). The van der Waals surface area contributed by atoms with Crippen molar-refractivity contribution in [2.24, 2.45) is 0 Å². The molecule has 0 N–H and O–H groups in total. The Labute approximate surface area is 128 Å². The highest BCUT2D eigenvalue weighted by Gasteiger charge is 2.17. The Morgan fingerprint density at radius 1 is 1.14 bits per heavy atom. The van der Waals surface area contributed by atoms with Gasteiger partial charge in [0.1, 0.15) is 5.75 Å². The van der Waals surface area contributed by atoms with Crippen molar-refractivity contribution < 1.29 is 14.3 Å². The van der Waals surface area contributed by atoms with E-state index < -0.39 is 0 Å². The van der Waals surface area contributed by atoms with Crippen LogP contribution >= 0.6 is 0 Å². The fourth-order valence-corrected chi connectivity index (χ4v) is 2.53. The van der Waals surface area contributed by atoms with Crippen molar-refractivity contribution in [1.82, 2.24) is 4.40 Å². The van der Waals surface area contributed by atoms with Gasteiger partial charge in [0.15, 0.2) is 0 Å². The van der Waals surface area contributed by atoms with Crippen molar-refractivity contribution in [3.05, 3.63) is 60.3 Å². The van der Waals surface area contributed by atoms with Crippen LogP contribution in [0.4, 0.5) is 0 Å². The zero-order chi connectivity index (χ0) is 15.5. The molecule has 112 valence electrons. The number of pyridine rings is 1. The second kappa shape index (κ2) is 5.93. The molecule has 0 saturated carbocycles. The molecule has 0 aliphatic heterocycles. The van der Waals surface area contributed by atoms with Gasteiger partial charge in [-0.25, -0.2) is 4.79 Å². The number of fused-ring (bicyclic) bond motifs is 1. The molecule has 0 bridgehead atoms. The summed E-state index contributed by atoms with van der Waals surface area (Å²) in [6.45, 7) is 2.16. The molecule has 2 heterocycles. The summed E-state index contributed by atoms with van der Waals surface area (Å²) in [5.41, 5.74) is 3.31. The van der Waals surface area contributed by atoms with Crippen LogP contribution in [0.5, 0.6) is 5.75 Å². The Balaban J connectivity index is 2.19. The molecule has 0 atom stereocenters. The van der Waals surface area contributed by atoms with Crippen molar-refractivity contribution >= 4 is 11.5 Å². The first-order valence-corrected chi connectivity index (χ1v) is 7.16. The first-order chi connectivity index (χ1) is 10.7. The van der Waals surface area contributed by atoms with Crippen molar-refractivity contribution in [2.75, 3.05) is 13.7 Å². The van der Waals surface area contributed by atoms with Gasteiger partial charge < -0.3 is 13.9 Å². The monoisotopic (exact) mass is 295 g/mol. The molecule has 0 amide bonds. The van der Waals surface area contributed by atoms with E-state index in [9.17, 15) is 4.79 Å². The van der Waals surface area contributed by atoms with Crippen molar-refractivity contribution in [1.29, 1.82) is 0 Å². The van der Waals surface area contributed by atoms with Crippen molar-refractivity contribution in [2.45, 2.75) is 6.92 Å². The Hall–Kier alpha value is -2.75. The van der Waals surface area contributed by atoms with Gasteiger partial charge in [-0.15, -0.1) is 0 Å². The topological polar surface area (TPSA) is 39.9 Å². The minimum atomic E-state index is -0.305. The number of methoxy groups -OCH3 is 1. The largest absolute Gasteiger partial charge is 0.497 e. The first kappa shape index (κ1) is 14.2. The molecule has 0 aliphatic carbocycles. The van der Waals surface area contributed by atoms with Gasteiger partial charge in [0.05, 0.1) is 30.5 Å². The molecular formula is C18H17NO3. The van der Waals surface area contributed by atoms with E-state index in [-0.39, 0.29) is 5.97 Å². The number of hydrogen-bond acceptors (Lipinski definition) is 3. The summed E-state index contributed by atoms with van der Waals surface area (Å²) in [7, 11) is 1.64. The summed E-state index contributed by atoms with van der Waals surface area (Å²) in [6, 6.07) is 15.4. The van der Waals surface area contributed by atoms with E-state index in [2.05, 4.69) is 0 Å². The van der Waals surface area contributed by atoms with Crippen molar-refractivity contribution in [3.63, 3.8) is 0 Å². The minimum absolute atomic E-state index is 0.305. The summed E-state index contributed by atoms with van der Waals surface area (Å²) in [4.78, 5) is 12.2. The predicted molar refractivity (Wildman–Crippen MR) is 85.3 cm³/mol. The first-order valence-electron chi connectivity index (χ1n) is 7.16. The molecule has 0 saturated heterocycles. The van der Waals surface area contributed by atoms with Crippen LogP contribution in [0.1, 0.15) is 17.3 Å². The van der Waals surface area contributed by atoms with E-state index in [1.807, 2.05) is 59.1 Å². The molecule has 0 fully saturated rings. The van der Waals surface area contributed by atoms with Crippen LogP contribution in [0.2, 0.25) is 0 Å². The fourth-order valence-electron chi connectivity index (χ4n) is 2.53. The van der Waals surface area contributed by atoms with Crippen LogP contribution in [0.25, 0.3) is 16.8 Å². The van der Waals surface area contributed by atoms with E-state index in [0.717, 1.165) is 22.5 Å². The molecule has 22 heavy (non-hydrogen) atoms. The van der Waals surface area contributed by atoms with E-state index in [1.54, 1.807) is 14.0 Å². The average Bonchev–Trinajstić information content (AvgIpc) is 2.95. The standard InChI is InChI=1S/C18H17NO3/c1-3-22-18(20)15-12-17(19-10-5-4-9-16(15)19)13-7-6-8-14(11-13)21-2/h4-12H,3H2,1-2H3. The Morgan fingerprint density at radius 2 is 2.00 bits per heavy atom. The van der Waals surface area contributed by atoms with Gasteiger partial charge in [0.2, 0.25) is 0 Å². The summed E-state index contributed by atoms with van der Waals surface area (Å²) in [6.07, 6.45) is 1.94. The van der Waals surface area contributed by atoms with Gasteiger partial charge >= 0.3 is 5.97 Å². The average molecular weight is 295 g/mol. The molecule has 4 nitrogen and oxygen atoms in total. The molecule has 0 spiro atoms. The van der Waals surface area contributed by atoms with E-state index in [4.69, 9.17) is 9.47 Å². The highest BCUT2D eigenvalue weighted by molar-refractivity contribution is 5.99. The number of hydrogen-bond donors (Lipinski definition) is 0. The van der Waals surface area contributed by atoms with Crippen LogP contribution in [0.15, 0.2) is 54.7 Å². The highest BCUT2D eigenvalue weighted by atomic mass is 16.5. The third kappa shape index (κ3) is 2.44. The summed E-state index contributed by atoms with van der Waals surface area (Å²) in [5, 5.41) is 0. The lowest BCUT2D eigenvalue weighted by molar-refractivity contribution is 0.0529. The molecule has 1 aromatic carbocycles. The third-order valence-corrected chi connectivity index (χ3v) is 3.54. The lowest BCUT2D eigenvalue weighted by atomic mass is 10.1. The number of ether oxygens (including phenoxy) is 2. The number of aromatic nitrogens is 1. The van der Waals surface area contributed by atoms with Gasteiger partial charge in [-0.05, 0) is 37.3 Å². The Bertz CT molecular complexity index is 820. The normalized spacial score (nSPS) is 10.6. The second-order valence-corrected chi connectivity index (χ2v) is 4.85. The Morgan fingerprint density at radius 3 is 2.77 bits per heavy atom. The SMILES string of the molecule is CCOC(=O)c1cc(-c2cccc(OC)c2)n2ccccc12. The molecule has 0 radical (unpaired) electrons. The van der Waals surface area contributed by atoms with Gasteiger partial charge in [-0.3, -0.25) is 0 Å². The molecule has 0 unspecified atom stereocenters. The van der Waals surface area contributed by atoms with Crippen LogP contribution in [0, 0.1) is 0 Å². The summed E-state index contributed by atoms with van der Waals surface area (Å²) >= 11 is 0. The van der Waals surface area contributed by atoms with Crippen LogP contribution in [0.3, 0.4) is 0 Å². The van der Waals surface area contributed by atoms with E-state index in [1.165, 1.54) is 0 Å². The van der Waals surface area contributed by atoms with Gasteiger partial charge in [-0.1, -0.05) is 18.2 Å². The third-order valence-electron chi connectivity index (χ3n) is 3.54. The molecule has 4 heteroatoms. The molecule has 3 aromatic rings. The van der Waals surface area contributed by atoms with Gasteiger partial charge in [-0.2, -0.15) is 0 Å². The van der Waals surface area contributed by atoms with E-state index in [0.29, 0.717) is 12.2 Å². The Kier molecular flexibility index (Phi) is 3.83. The van der Waals surface area contributed by atoms with Gasteiger partial charge in [0.25, 0.3) is 0 Å². The number of carbonyl (C=O) groups is 1. The minimum Gasteiger partial charge on any atom is -0.497 e. The number of esters is 1. The molecule has 0 aliphatic rings. The zero-order valence-electron chi connectivity index (χ0n) is 12.6. The van der Waals surface area contributed by atoms with E-state index >= 15 is 0 Å². The number of rotatable bonds is 4. The summed E-state index contributed by atoms with van der Waals surface area (Å²) in [5.74, 6) is 0.474. The maximum atomic E-state index is 12.2. The fraction of sp³-hybridized carbons (Fsp3) is 0.167. The molecular weight excluding hydrogens is 278 g/mol. The maximum Gasteiger partial charge on any atom is 0.340 e. The maximum absolute atomic E-state index is 12.2. The lowest BCUT2D eigenvalue weighted by Gasteiger charge is -2.05. The van der Waals surface area contributed by atoms with Crippen LogP contribution in [-0.4, -0.2) is 24.1 Å². The number of carbonyl (C=O) groups excluding carboxylic acids is 1. The van der Waals surface area contributed by atoms with Crippen molar-refractivity contribution in [3.8, 4) is 17.0 Å². The zero-order valence-corrected chi connectivity index (χ0v) is 12.6. The quantitative estimate of drug-likeness (QED) is 0.687. The lowest BCUT2D eigenvalue weighted by Crippen LogP contribution is -2.03. The van der Waals surface area contributed by atoms with Gasteiger partial charge in [0, 0.05) is 11.8 Å².